The molecule has 0 aliphatic carbocycles. The van der Waals surface area contributed by atoms with E-state index in [1.807, 2.05) is 57.4 Å². The van der Waals surface area contributed by atoms with Gasteiger partial charge in [-0.1, -0.05) is 24.3 Å². The van der Waals surface area contributed by atoms with Crippen LogP contribution in [0.3, 0.4) is 0 Å². The average molecular weight is 448 g/mol. The molecule has 0 radical (unpaired) electrons. The lowest BCUT2D eigenvalue weighted by molar-refractivity contribution is 0.0139. The Morgan fingerprint density at radius 3 is 2.06 bits per heavy atom. The first kappa shape index (κ1) is 22.9. The molecule has 1 aromatic heterocycles. The number of hydrogen-bond acceptors (Lipinski definition) is 4. The van der Waals surface area contributed by atoms with E-state index < -0.39 is 5.60 Å². The largest absolute Gasteiger partial charge is 0.489 e. The molecule has 3 aromatic rings. The standard InChI is InChI=1S/C27H33N3O3/c1-27(2,3)33-26(31)30-18-16-28(17-19-30)20-22-6-8-23(9-7-22)21-32-25-12-10-24(11-13-25)29-14-4-5-15-29/h4-15H,16-21H2,1-3H3. The monoisotopic (exact) mass is 447 g/mol. The molecule has 33 heavy (non-hydrogen) atoms. The molecule has 0 spiro atoms. The van der Waals surface area contributed by atoms with Crippen molar-refractivity contribution < 1.29 is 14.3 Å². The summed E-state index contributed by atoms with van der Waals surface area (Å²) in [5, 5.41) is 0. The molecule has 0 bridgehead atoms. The van der Waals surface area contributed by atoms with Crippen LogP contribution in [0.25, 0.3) is 5.69 Å². The number of nitrogens with zero attached hydrogens (tertiary/aromatic N) is 3. The second-order valence-electron chi connectivity index (χ2n) is 9.43. The van der Waals surface area contributed by atoms with Crippen LogP contribution in [0.1, 0.15) is 31.9 Å². The van der Waals surface area contributed by atoms with E-state index in [1.165, 1.54) is 5.56 Å². The first-order valence-corrected chi connectivity index (χ1v) is 11.5. The summed E-state index contributed by atoms with van der Waals surface area (Å²) < 4.78 is 13.5. The van der Waals surface area contributed by atoms with Gasteiger partial charge in [-0.15, -0.1) is 0 Å². The van der Waals surface area contributed by atoms with Crippen molar-refractivity contribution in [2.45, 2.75) is 39.5 Å². The van der Waals surface area contributed by atoms with Gasteiger partial charge in [-0.3, -0.25) is 4.90 Å². The van der Waals surface area contributed by atoms with E-state index in [4.69, 9.17) is 9.47 Å². The molecule has 2 aromatic carbocycles. The molecule has 1 amide bonds. The molecule has 1 fully saturated rings. The second-order valence-corrected chi connectivity index (χ2v) is 9.43. The molecular formula is C27H33N3O3. The molecule has 0 unspecified atom stereocenters. The minimum Gasteiger partial charge on any atom is -0.489 e. The normalized spacial score (nSPS) is 14.8. The Bertz CT molecular complexity index is 1010. The zero-order chi connectivity index (χ0) is 23.3. The van der Waals surface area contributed by atoms with Crippen LogP contribution in [-0.2, 0) is 17.9 Å². The molecule has 2 heterocycles. The summed E-state index contributed by atoms with van der Waals surface area (Å²) in [5.41, 5.74) is 3.07. The Labute approximate surface area is 196 Å². The lowest BCUT2D eigenvalue weighted by atomic mass is 10.1. The maximum absolute atomic E-state index is 12.2. The van der Waals surface area contributed by atoms with Crippen molar-refractivity contribution in [3.8, 4) is 11.4 Å². The molecule has 1 aliphatic heterocycles. The molecule has 1 aliphatic rings. The topological polar surface area (TPSA) is 46.9 Å². The van der Waals surface area contributed by atoms with Gasteiger partial charge in [0.05, 0.1) is 0 Å². The zero-order valence-electron chi connectivity index (χ0n) is 19.7. The maximum atomic E-state index is 12.2. The predicted molar refractivity (Wildman–Crippen MR) is 130 cm³/mol. The van der Waals surface area contributed by atoms with Crippen molar-refractivity contribution in [1.82, 2.24) is 14.4 Å². The van der Waals surface area contributed by atoms with E-state index >= 15 is 0 Å². The smallest absolute Gasteiger partial charge is 0.410 e. The van der Waals surface area contributed by atoms with Crippen LogP contribution >= 0.6 is 0 Å². The third kappa shape index (κ3) is 6.62. The summed E-state index contributed by atoms with van der Waals surface area (Å²) >= 11 is 0. The number of carbonyl (C=O) groups is 1. The van der Waals surface area contributed by atoms with Gasteiger partial charge in [-0.2, -0.15) is 0 Å². The number of piperazine rings is 1. The Kier molecular flexibility index (Phi) is 7.04. The number of amides is 1. The van der Waals surface area contributed by atoms with Crippen LogP contribution in [0.5, 0.6) is 5.75 Å². The number of benzene rings is 2. The summed E-state index contributed by atoms with van der Waals surface area (Å²) in [4.78, 5) is 16.4. The first-order valence-electron chi connectivity index (χ1n) is 11.5. The highest BCUT2D eigenvalue weighted by molar-refractivity contribution is 5.68. The van der Waals surface area contributed by atoms with Crippen molar-refractivity contribution in [1.29, 1.82) is 0 Å². The van der Waals surface area contributed by atoms with Crippen LogP contribution in [0.4, 0.5) is 4.79 Å². The Morgan fingerprint density at radius 2 is 1.45 bits per heavy atom. The number of carbonyl (C=O) groups excluding carboxylic acids is 1. The van der Waals surface area contributed by atoms with Gasteiger partial charge in [0.1, 0.15) is 18.0 Å². The Morgan fingerprint density at radius 1 is 0.848 bits per heavy atom. The van der Waals surface area contributed by atoms with E-state index in [0.717, 1.165) is 36.6 Å². The molecule has 0 atom stereocenters. The molecule has 0 saturated carbocycles. The highest BCUT2D eigenvalue weighted by Gasteiger charge is 2.25. The number of hydrogen-bond donors (Lipinski definition) is 0. The van der Waals surface area contributed by atoms with Crippen molar-refractivity contribution in [3.05, 3.63) is 84.2 Å². The minimum atomic E-state index is -0.452. The molecule has 1 saturated heterocycles. The lowest BCUT2D eigenvalue weighted by Gasteiger charge is -2.35. The van der Waals surface area contributed by atoms with Gasteiger partial charge in [-0.05, 0) is 68.3 Å². The van der Waals surface area contributed by atoms with Crippen molar-refractivity contribution in [3.63, 3.8) is 0 Å². The van der Waals surface area contributed by atoms with Crippen molar-refractivity contribution in [2.24, 2.45) is 0 Å². The summed E-state index contributed by atoms with van der Waals surface area (Å²) in [5.74, 6) is 0.859. The highest BCUT2D eigenvalue weighted by atomic mass is 16.6. The lowest BCUT2D eigenvalue weighted by Crippen LogP contribution is -2.49. The molecule has 6 nitrogen and oxygen atoms in total. The van der Waals surface area contributed by atoms with Crippen LogP contribution in [0.2, 0.25) is 0 Å². The van der Waals surface area contributed by atoms with Crippen LogP contribution in [0, 0.1) is 0 Å². The number of aromatic nitrogens is 1. The summed E-state index contributed by atoms with van der Waals surface area (Å²) in [6, 6.07) is 20.7. The van der Waals surface area contributed by atoms with E-state index in [1.54, 1.807) is 4.90 Å². The molecule has 4 rings (SSSR count). The van der Waals surface area contributed by atoms with E-state index in [-0.39, 0.29) is 6.09 Å². The maximum Gasteiger partial charge on any atom is 0.410 e. The van der Waals surface area contributed by atoms with Gasteiger partial charge in [0, 0.05) is 50.8 Å². The zero-order valence-corrected chi connectivity index (χ0v) is 19.7. The van der Waals surface area contributed by atoms with Crippen LogP contribution in [0.15, 0.2) is 73.1 Å². The van der Waals surface area contributed by atoms with Gasteiger partial charge in [0.2, 0.25) is 0 Å². The predicted octanol–water partition coefficient (Wildman–Crippen LogP) is 5.11. The summed E-state index contributed by atoms with van der Waals surface area (Å²) in [6.07, 6.45) is 3.84. The average Bonchev–Trinajstić information content (AvgIpc) is 3.33. The van der Waals surface area contributed by atoms with Gasteiger partial charge < -0.3 is 18.9 Å². The summed E-state index contributed by atoms with van der Waals surface area (Å²) in [6.45, 7) is 10.2. The number of rotatable bonds is 6. The van der Waals surface area contributed by atoms with E-state index in [9.17, 15) is 4.79 Å². The first-order chi connectivity index (χ1) is 15.9. The van der Waals surface area contributed by atoms with Gasteiger partial charge in [0.15, 0.2) is 0 Å². The third-order valence-electron chi connectivity index (χ3n) is 5.60. The number of ether oxygens (including phenoxy) is 2. The Balaban J connectivity index is 1.22. The SMILES string of the molecule is CC(C)(C)OC(=O)N1CCN(Cc2ccc(COc3ccc(-n4cccc4)cc3)cc2)CC1. The van der Waals surface area contributed by atoms with Crippen LogP contribution < -0.4 is 4.74 Å². The minimum absolute atomic E-state index is 0.217. The quantitative estimate of drug-likeness (QED) is 0.527. The molecule has 0 N–H and O–H groups in total. The highest BCUT2D eigenvalue weighted by Crippen LogP contribution is 2.18. The van der Waals surface area contributed by atoms with Crippen LogP contribution in [-0.4, -0.2) is 52.2 Å². The van der Waals surface area contributed by atoms with E-state index in [0.29, 0.717) is 19.7 Å². The van der Waals surface area contributed by atoms with Gasteiger partial charge in [-0.25, -0.2) is 4.79 Å². The van der Waals surface area contributed by atoms with Gasteiger partial charge in [0.25, 0.3) is 0 Å². The molecular weight excluding hydrogens is 414 g/mol. The van der Waals surface area contributed by atoms with E-state index in [2.05, 4.69) is 45.9 Å². The van der Waals surface area contributed by atoms with Gasteiger partial charge >= 0.3 is 6.09 Å². The molecule has 6 heteroatoms. The van der Waals surface area contributed by atoms with Crippen molar-refractivity contribution >= 4 is 6.09 Å². The van der Waals surface area contributed by atoms with Crippen molar-refractivity contribution in [2.75, 3.05) is 26.2 Å². The summed E-state index contributed by atoms with van der Waals surface area (Å²) in [7, 11) is 0. The fourth-order valence-electron chi connectivity index (χ4n) is 3.80. The third-order valence-corrected chi connectivity index (χ3v) is 5.60. The molecule has 174 valence electrons. The Hall–Kier alpha value is -3.25. The fourth-order valence-corrected chi connectivity index (χ4v) is 3.80. The second kappa shape index (κ2) is 10.1. The fraction of sp³-hybridized carbons (Fsp3) is 0.370.